The summed E-state index contributed by atoms with van der Waals surface area (Å²) in [5, 5.41) is 0. The molecule has 0 aromatic carbocycles. The average Bonchev–Trinajstić information content (AvgIpc) is 2.19. The Morgan fingerprint density at radius 1 is 1.00 bits per heavy atom. The molecule has 0 radical (unpaired) electrons. The lowest BCUT2D eigenvalue weighted by Gasteiger charge is -2.31. The van der Waals surface area contributed by atoms with Crippen LogP contribution in [-0.4, -0.2) is 25.2 Å². The second kappa shape index (κ2) is 6.51. The van der Waals surface area contributed by atoms with Gasteiger partial charge >= 0.3 is 11.9 Å². The molecule has 0 spiro atoms. The highest BCUT2D eigenvalue weighted by atomic mass is 16.6. The van der Waals surface area contributed by atoms with E-state index in [1.54, 1.807) is 20.8 Å². The van der Waals surface area contributed by atoms with E-state index in [4.69, 9.17) is 9.47 Å². The number of esters is 2. The van der Waals surface area contributed by atoms with Crippen LogP contribution in [0.3, 0.4) is 0 Å². The summed E-state index contributed by atoms with van der Waals surface area (Å²) in [6.07, 6.45) is 0.391. The van der Waals surface area contributed by atoms with Gasteiger partial charge in [-0.05, 0) is 26.2 Å². The van der Waals surface area contributed by atoms with Crippen molar-refractivity contribution in [2.24, 2.45) is 11.3 Å². The summed E-state index contributed by atoms with van der Waals surface area (Å²) in [6, 6.07) is 0. The van der Waals surface area contributed by atoms with Crippen molar-refractivity contribution in [2.45, 2.75) is 41.0 Å². The van der Waals surface area contributed by atoms with E-state index in [2.05, 4.69) is 0 Å². The molecule has 0 aliphatic heterocycles. The van der Waals surface area contributed by atoms with Gasteiger partial charge in [-0.1, -0.05) is 20.8 Å². The Morgan fingerprint density at radius 3 is 1.56 bits per heavy atom. The highest BCUT2D eigenvalue weighted by molar-refractivity contribution is 6.00. The van der Waals surface area contributed by atoms with Crippen LogP contribution in [-0.2, 0) is 19.1 Å². The number of carbonyl (C=O) groups is 2. The Hall–Kier alpha value is -1.06. The van der Waals surface area contributed by atoms with E-state index in [-0.39, 0.29) is 19.1 Å². The first-order valence-electron chi connectivity index (χ1n) is 5.81. The molecule has 0 aliphatic rings. The molecule has 0 unspecified atom stereocenters. The molecule has 4 nitrogen and oxygen atoms in total. The fourth-order valence-electron chi connectivity index (χ4n) is 1.77. The number of hydrogen-bond donors (Lipinski definition) is 0. The Morgan fingerprint density at radius 2 is 1.38 bits per heavy atom. The molecule has 0 aliphatic carbocycles. The molecule has 0 rings (SSSR count). The molecule has 0 saturated heterocycles. The maximum Gasteiger partial charge on any atom is 0.323 e. The first-order chi connectivity index (χ1) is 7.47. The monoisotopic (exact) mass is 230 g/mol. The molecule has 94 valence electrons. The third-order valence-corrected chi connectivity index (χ3v) is 2.82. The third kappa shape index (κ3) is 2.74. The highest BCUT2D eigenvalue weighted by Crippen LogP contribution is 2.34. The van der Waals surface area contributed by atoms with Crippen molar-refractivity contribution in [1.29, 1.82) is 0 Å². The Balaban J connectivity index is 5.14. The van der Waals surface area contributed by atoms with Crippen LogP contribution < -0.4 is 0 Å². The van der Waals surface area contributed by atoms with E-state index in [9.17, 15) is 9.59 Å². The minimum atomic E-state index is -1.16. The van der Waals surface area contributed by atoms with Crippen LogP contribution in [0.5, 0.6) is 0 Å². The maximum absolute atomic E-state index is 11.9. The Bertz CT molecular complexity index is 227. The lowest BCUT2D eigenvalue weighted by molar-refractivity contribution is -0.176. The summed E-state index contributed by atoms with van der Waals surface area (Å²) in [5.41, 5.74) is -1.16. The molecule has 0 N–H and O–H groups in total. The molecular weight excluding hydrogens is 208 g/mol. The SMILES string of the molecule is CCOC(=O)C(CC)(C(=O)OCC)C(C)C. The fraction of sp³-hybridized carbons (Fsp3) is 0.833. The molecule has 0 saturated carbocycles. The van der Waals surface area contributed by atoms with Crippen molar-refractivity contribution in [3.05, 3.63) is 0 Å². The van der Waals surface area contributed by atoms with Crippen LogP contribution in [0.25, 0.3) is 0 Å². The zero-order valence-corrected chi connectivity index (χ0v) is 10.8. The molecule has 0 aromatic rings. The molecule has 0 aromatic heterocycles. The predicted molar refractivity (Wildman–Crippen MR) is 60.8 cm³/mol. The lowest BCUT2D eigenvalue weighted by Crippen LogP contribution is -2.45. The maximum atomic E-state index is 11.9. The van der Waals surface area contributed by atoms with Crippen molar-refractivity contribution in [2.75, 3.05) is 13.2 Å². The van der Waals surface area contributed by atoms with Gasteiger partial charge in [-0.3, -0.25) is 9.59 Å². The van der Waals surface area contributed by atoms with Gasteiger partial charge < -0.3 is 9.47 Å². The number of hydrogen-bond acceptors (Lipinski definition) is 4. The number of rotatable bonds is 6. The molecule has 0 bridgehead atoms. The van der Waals surface area contributed by atoms with E-state index in [0.717, 1.165) is 0 Å². The molecule has 0 atom stereocenters. The zero-order valence-electron chi connectivity index (χ0n) is 10.8. The van der Waals surface area contributed by atoms with Crippen LogP contribution in [0.2, 0.25) is 0 Å². The van der Waals surface area contributed by atoms with Crippen LogP contribution in [0, 0.1) is 11.3 Å². The van der Waals surface area contributed by atoms with Gasteiger partial charge in [0, 0.05) is 0 Å². The van der Waals surface area contributed by atoms with E-state index >= 15 is 0 Å². The summed E-state index contributed by atoms with van der Waals surface area (Å²) < 4.78 is 9.97. The van der Waals surface area contributed by atoms with Crippen molar-refractivity contribution in [3.63, 3.8) is 0 Å². The van der Waals surface area contributed by atoms with Crippen LogP contribution in [0.15, 0.2) is 0 Å². The van der Waals surface area contributed by atoms with Crippen molar-refractivity contribution in [1.82, 2.24) is 0 Å². The van der Waals surface area contributed by atoms with Gasteiger partial charge in [0.25, 0.3) is 0 Å². The molecule has 16 heavy (non-hydrogen) atoms. The summed E-state index contributed by atoms with van der Waals surface area (Å²) >= 11 is 0. The first-order valence-corrected chi connectivity index (χ1v) is 5.81. The van der Waals surface area contributed by atoms with Crippen LogP contribution in [0.1, 0.15) is 41.0 Å². The quantitative estimate of drug-likeness (QED) is 0.518. The Kier molecular flexibility index (Phi) is 6.08. The smallest absolute Gasteiger partial charge is 0.323 e. The molecule has 4 heteroatoms. The minimum Gasteiger partial charge on any atom is -0.465 e. The van der Waals surface area contributed by atoms with Gasteiger partial charge in [0.1, 0.15) is 0 Å². The number of carbonyl (C=O) groups excluding carboxylic acids is 2. The molecule has 0 fully saturated rings. The van der Waals surface area contributed by atoms with Crippen molar-refractivity contribution >= 4 is 11.9 Å². The van der Waals surface area contributed by atoms with Gasteiger partial charge in [-0.25, -0.2) is 0 Å². The van der Waals surface area contributed by atoms with Gasteiger partial charge in [0.15, 0.2) is 5.41 Å². The average molecular weight is 230 g/mol. The first kappa shape index (κ1) is 14.9. The topological polar surface area (TPSA) is 52.6 Å². The van der Waals surface area contributed by atoms with Gasteiger partial charge in [0.05, 0.1) is 13.2 Å². The van der Waals surface area contributed by atoms with Crippen LogP contribution >= 0.6 is 0 Å². The minimum absolute atomic E-state index is 0.143. The Labute approximate surface area is 97.3 Å². The van der Waals surface area contributed by atoms with E-state index in [1.807, 2.05) is 13.8 Å². The predicted octanol–water partition coefficient (Wildman–Crippen LogP) is 2.17. The van der Waals surface area contributed by atoms with E-state index < -0.39 is 17.4 Å². The fourth-order valence-corrected chi connectivity index (χ4v) is 1.77. The van der Waals surface area contributed by atoms with E-state index in [0.29, 0.717) is 6.42 Å². The second-order valence-electron chi connectivity index (χ2n) is 3.92. The third-order valence-electron chi connectivity index (χ3n) is 2.82. The van der Waals surface area contributed by atoms with Gasteiger partial charge in [-0.2, -0.15) is 0 Å². The normalized spacial score (nSPS) is 11.4. The van der Waals surface area contributed by atoms with Crippen LogP contribution in [0.4, 0.5) is 0 Å². The second-order valence-corrected chi connectivity index (χ2v) is 3.92. The van der Waals surface area contributed by atoms with Crippen molar-refractivity contribution < 1.29 is 19.1 Å². The zero-order chi connectivity index (χ0) is 12.8. The molecule has 0 amide bonds. The van der Waals surface area contributed by atoms with E-state index in [1.165, 1.54) is 0 Å². The van der Waals surface area contributed by atoms with Gasteiger partial charge in [0.2, 0.25) is 0 Å². The summed E-state index contributed by atoms with van der Waals surface area (Å²) in [6.45, 7) is 9.45. The summed E-state index contributed by atoms with van der Waals surface area (Å²) in [7, 11) is 0. The summed E-state index contributed by atoms with van der Waals surface area (Å²) in [4.78, 5) is 23.9. The summed E-state index contributed by atoms with van der Waals surface area (Å²) in [5.74, 6) is -1.10. The standard InChI is InChI=1S/C12H22O4/c1-6-12(9(4)5,10(13)15-7-2)11(14)16-8-3/h9H,6-8H2,1-5H3. The largest absolute Gasteiger partial charge is 0.465 e. The molecular formula is C12H22O4. The molecule has 0 heterocycles. The highest BCUT2D eigenvalue weighted by Gasteiger charge is 2.49. The van der Waals surface area contributed by atoms with Crippen molar-refractivity contribution in [3.8, 4) is 0 Å². The van der Waals surface area contributed by atoms with Gasteiger partial charge in [-0.15, -0.1) is 0 Å². The lowest BCUT2D eigenvalue weighted by atomic mass is 9.75. The number of ether oxygens (including phenoxy) is 2.